The van der Waals surface area contributed by atoms with Crippen molar-refractivity contribution in [2.75, 3.05) is 18.1 Å². The molecule has 0 unspecified atom stereocenters. The molecule has 0 saturated carbocycles. The number of likely N-dealkylation sites (tertiary alicyclic amines) is 1. The van der Waals surface area contributed by atoms with Crippen LogP contribution in [0.15, 0.2) is 60.7 Å². The van der Waals surface area contributed by atoms with Gasteiger partial charge in [0.2, 0.25) is 14.3 Å². The van der Waals surface area contributed by atoms with Crippen LogP contribution in [0.2, 0.25) is 18.6 Å². The Hall–Kier alpha value is -3.07. The summed E-state index contributed by atoms with van der Waals surface area (Å²) in [6.07, 6.45) is 2.71. The fourth-order valence-corrected chi connectivity index (χ4v) is 10.1. The highest BCUT2D eigenvalue weighted by atomic mass is 28.4. The Morgan fingerprint density at radius 2 is 1.85 bits per heavy atom. The van der Waals surface area contributed by atoms with Crippen molar-refractivity contribution < 1.29 is 23.5 Å². The number of carbonyl (C=O) groups excluding carboxylic acids is 2. The van der Waals surface area contributed by atoms with E-state index in [2.05, 4.69) is 19.1 Å². The van der Waals surface area contributed by atoms with Gasteiger partial charge in [0.15, 0.2) is 0 Å². The number of carbonyl (C=O) groups is 2. The monoisotopic (exact) mass is 574 g/mol. The van der Waals surface area contributed by atoms with E-state index in [-0.39, 0.29) is 48.4 Å². The third-order valence-electron chi connectivity index (χ3n) is 9.42. The number of aliphatic hydroxyl groups is 1. The minimum absolute atomic E-state index is 0.00197. The van der Waals surface area contributed by atoms with Gasteiger partial charge < -0.3 is 18.9 Å². The summed E-state index contributed by atoms with van der Waals surface area (Å²) in [7, 11) is -3.11. The van der Waals surface area contributed by atoms with E-state index in [4.69, 9.17) is 4.74 Å². The molecule has 41 heavy (non-hydrogen) atoms. The zero-order chi connectivity index (χ0) is 28.9. The molecule has 216 valence electrons. The number of aliphatic hydroxyl groups excluding tert-OH is 1. The van der Waals surface area contributed by atoms with Gasteiger partial charge in [-0.15, -0.1) is 0 Å². The van der Waals surface area contributed by atoms with Crippen LogP contribution in [0, 0.1) is 5.92 Å². The van der Waals surface area contributed by atoms with Gasteiger partial charge in [0.1, 0.15) is 0 Å². The van der Waals surface area contributed by atoms with Crippen molar-refractivity contribution in [1.29, 1.82) is 0 Å². The van der Waals surface area contributed by atoms with Crippen molar-refractivity contribution in [3.63, 3.8) is 0 Å². The predicted octanol–water partition coefficient (Wildman–Crippen LogP) is 6.39. The summed E-state index contributed by atoms with van der Waals surface area (Å²) in [5.74, 6) is -0.0580. The van der Waals surface area contributed by atoms with E-state index in [1.165, 1.54) is 0 Å². The first-order valence-electron chi connectivity index (χ1n) is 14.9. The lowest BCUT2D eigenvalue weighted by molar-refractivity contribution is -0.135. The van der Waals surface area contributed by atoms with Crippen LogP contribution in [0.4, 0.5) is 15.5 Å². The van der Waals surface area contributed by atoms with Gasteiger partial charge >= 0.3 is 0 Å². The number of hydrogen-bond acceptors (Lipinski definition) is 4. The molecule has 6 nitrogen and oxygen atoms in total. The molecule has 3 aliphatic heterocycles. The average molecular weight is 575 g/mol. The molecule has 0 spiro atoms. The summed E-state index contributed by atoms with van der Waals surface area (Å²) < 4.78 is 22.1. The number of amides is 2. The summed E-state index contributed by atoms with van der Waals surface area (Å²) in [6.45, 7) is 6.12. The van der Waals surface area contributed by atoms with Gasteiger partial charge in [0.25, 0.3) is 5.91 Å². The zero-order valence-electron chi connectivity index (χ0n) is 24.1. The summed E-state index contributed by atoms with van der Waals surface area (Å²) >= 11 is 0. The molecular weight excluding hydrogens is 535 g/mol. The lowest BCUT2D eigenvalue weighted by Gasteiger charge is -2.30. The molecule has 3 aliphatic rings. The Labute approximate surface area is 242 Å². The zero-order valence-corrected chi connectivity index (χ0v) is 25.1. The number of benzene rings is 3. The highest BCUT2D eigenvalue weighted by Gasteiger charge is 2.52. The predicted molar refractivity (Wildman–Crippen MR) is 162 cm³/mol. The second kappa shape index (κ2) is 11.0. The van der Waals surface area contributed by atoms with Crippen LogP contribution in [-0.4, -0.2) is 61.6 Å². The third-order valence-corrected chi connectivity index (χ3v) is 11.9. The summed E-state index contributed by atoms with van der Waals surface area (Å²) in [5.41, 5.74) is 3.28. The summed E-state index contributed by atoms with van der Waals surface area (Å²) in [5, 5.41) is 11.7. The molecule has 0 aliphatic carbocycles. The molecule has 8 heteroatoms. The minimum Gasteiger partial charge on any atom is -0.394 e. The fourth-order valence-electron chi connectivity index (χ4n) is 7.55. The normalized spacial score (nSPS) is 26.0. The first kappa shape index (κ1) is 28.1. The van der Waals surface area contributed by atoms with Gasteiger partial charge in [-0.05, 0) is 79.9 Å². The van der Waals surface area contributed by atoms with Crippen LogP contribution in [0.1, 0.15) is 48.5 Å². The van der Waals surface area contributed by atoms with Gasteiger partial charge in [-0.25, -0.2) is 0 Å². The van der Waals surface area contributed by atoms with Crippen LogP contribution in [0.5, 0.6) is 0 Å². The minimum atomic E-state index is -3.11. The molecule has 0 radical (unpaired) electrons. The molecule has 0 bridgehead atoms. The van der Waals surface area contributed by atoms with Gasteiger partial charge in [-0.1, -0.05) is 43.3 Å². The van der Waals surface area contributed by atoms with E-state index in [1.54, 1.807) is 22.9 Å². The number of nitrogens with zero attached hydrogens (tertiary/aromatic N) is 2. The van der Waals surface area contributed by atoms with Crippen molar-refractivity contribution in [3.8, 4) is 0 Å². The maximum Gasteiger partial charge on any atom is 0.263 e. The highest BCUT2D eigenvalue weighted by molar-refractivity contribution is 6.72. The molecule has 3 aromatic rings. The molecular formula is C33H39FN2O4Si. The maximum atomic E-state index is 15.6. The number of halogens is 1. The van der Waals surface area contributed by atoms with Crippen molar-refractivity contribution in [2.45, 2.75) is 75.9 Å². The van der Waals surface area contributed by atoms with E-state index in [9.17, 15) is 14.7 Å². The van der Waals surface area contributed by atoms with Gasteiger partial charge in [-0.3, -0.25) is 14.5 Å². The van der Waals surface area contributed by atoms with E-state index < -0.39 is 14.5 Å². The molecule has 0 aromatic heterocycles. The molecule has 2 fully saturated rings. The van der Waals surface area contributed by atoms with Gasteiger partial charge in [0, 0.05) is 23.2 Å². The molecule has 2 saturated heterocycles. The van der Waals surface area contributed by atoms with Crippen LogP contribution in [0.25, 0.3) is 10.8 Å². The van der Waals surface area contributed by atoms with E-state index in [0.29, 0.717) is 13.0 Å². The molecule has 6 rings (SSSR count). The van der Waals surface area contributed by atoms with Crippen LogP contribution in [0.3, 0.4) is 0 Å². The number of anilines is 2. The number of ether oxygens (including phenoxy) is 1. The van der Waals surface area contributed by atoms with Gasteiger partial charge in [-0.2, -0.15) is 0 Å². The van der Waals surface area contributed by atoms with Crippen LogP contribution >= 0.6 is 0 Å². The smallest absolute Gasteiger partial charge is 0.263 e. The lowest BCUT2D eigenvalue weighted by atomic mass is 9.95. The van der Waals surface area contributed by atoms with Gasteiger partial charge in [0.05, 0.1) is 42.5 Å². The SMILES string of the molecule is C[C@@H]1[C@@H]([Si](C)(C)F)[C@H](CC(=O)N2CCC[C@H]2CO)O[C@@H]1CCc1cccc(N2C(=O)c3cccc4cccc2c34)c1. The number of aryl methyl sites for hydroxylation is 1. The molecule has 1 N–H and O–H groups in total. The van der Waals surface area contributed by atoms with E-state index in [1.807, 2.05) is 48.5 Å². The van der Waals surface area contributed by atoms with Crippen molar-refractivity contribution in [1.82, 2.24) is 4.90 Å². The topological polar surface area (TPSA) is 70.1 Å². The highest BCUT2D eigenvalue weighted by Crippen LogP contribution is 2.47. The Kier molecular flexibility index (Phi) is 7.51. The second-order valence-corrected chi connectivity index (χ2v) is 16.3. The second-order valence-electron chi connectivity index (χ2n) is 12.5. The number of rotatable bonds is 8. The summed E-state index contributed by atoms with van der Waals surface area (Å²) in [6, 6.07) is 19.8. The van der Waals surface area contributed by atoms with Crippen LogP contribution < -0.4 is 4.90 Å². The molecule has 2 amide bonds. The molecule has 5 atom stereocenters. The quantitative estimate of drug-likeness (QED) is 0.250. The van der Waals surface area contributed by atoms with E-state index >= 15 is 4.11 Å². The maximum absolute atomic E-state index is 15.6. The standard InChI is InChI=1S/C33H39FN2O4Si/c1-21-28(40-29(32(21)41(2,3)34)19-30(38)35-17-7-12-25(35)20-37)16-15-22-8-4-11-24(18-22)36-27-14-6-10-23-9-5-13-26(31(23)27)33(36)39/h4-6,8-11,13-14,18,21,25,28-29,32,37H,7,12,15-17,19-20H2,1-3H3/t21-,25-,28+,29-,32+/m0/s1. The third kappa shape index (κ3) is 5.11. The Morgan fingerprint density at radius 3 is 2.61 bits per heavy atom. The largest absolute Gasteiger partial charge is 0.394 e. The van der Waals surface area contributed by atoms with Crippen molar-refractivity contribution >= 4 is 42.4 Å². The Morgan fingerprint density at radius 1 is 1.10 bits per heavy atom. The van der Waals surface area contributed by atoms with E-state index in [0.717, 1.165) is 52.5 Å². The van der Waals surface area contributed by atoms with Crippen LogP contribution in [-0.2, 0) is 16.0 Å². The lowest BCUT2D eigenvalue weighted by Crippen LogP contribution is -2.42. The Bertz CT molecular complexity index is 1470. The Balaban J connectivity index is 1.17. The first-order valence-corrected chi connectivity index (χ1v) is 17.8. The summed E-state index contributed by atoms with van der Waals surface area (Å²) in [4.78, 5) is 30.1. The van der Waals surface area contributed by atoms with Crippen molar-refractivity contribution in [3.05, 3.63) is 71.8 Å². The first-order chi connectivity index (χ1) is 19.7. The molecule has 3 heterocycles. The number of hydrogen-bond donors (Lipinski definition) is 1. The van der Waals surface area contributed by atoms with Crippen molar-refractivity contribution in [2.24, 2.45) is 5.92 Å². The molecule has 3 aromatic carbocycles. The fraction of sp³-hybridized carbons (Fsp3) is 0.455. The average Bonchev–Trinajstić information content (AvgIpc) is 3.63.